The minimum Gasteiger partial charge on any atom is -0.543 e. The average Bonchev–Trinajstić information content (AvgIpc) is 3.11. The van der Waals surface area contributed by atoms with Gasteiger partial charge < -0.3 is 19.9 Å². The summed E-state index contributed by atoms with van der Waals surface area (Å²) in [4.78, 5) is 29.7. The maximum Gasteiger partial charge on any atom is 0.416 e. The van der Waals surface area contributed by atoms with Gasteiger partial charge in [0.05, 0.1) is 45.5 Å². The quantitative estimate of drug-likeness (QED) is 0.729. The molecular formula is C18H14F3N2O4S2-. The van der Waals surface area contributed by atoms with Crippen molar-refractivity contribution in [3.8, 4) is 0 Å². The molecule has 1 N–H and O–H groups in total. The van der Waals surface area contributed by atoms with Gasteiger partial charge in [-0.25, -0.2) is 4.98 Å². The van der Waals surface area contributed by atoms with Gasteiger partial charge in [0, 0.05) is 10.8 Å². The van der Waals surface area contributed by atoms with E-state index in [1.807, 2.05) is 0 Å². The molecule has 154 valence electrons. The smallest absolute Gasteiger partial charge is 0.416 e. The molecule has 0 saturated carbocycles. The minimum absolute atomic E-state index is 0.162. The molecule has 1 aromatic carbocycles. The van der Waals surface area contributed by atoms with E-state index in [1.165, 1.54) is 13.0 Å². The van der Waals surface area contributed by atoms with Gasteiger partial charge >= 0.3 is 6.18 Å². The zero-order valence-electron chi connectivity index (χ0n) is 15.1. The summed E-state index contributed by atoms with van der Waals surface area (Å²) in [6.07, 6.45) is -5.42. The Bertz CT molecular complexity index is 1060. The molecule has 1 saturated heterocycles. The second-order valence-electron chi connectivity index (χ2n) is 7.02. The average molecular weight is 443 g/mol. The highest BCUT2D eigenvalue weighted by Crippen LogP contribution is 2.52. The van der Waals surface area contributed by atoms with Crippen LogP contribution in [0.4, 0.5) is 13.2 Å². The number of aliphatic hydroxyl groups excluding tert-OH is 1. The lowest BCUT2D eigenvalue weighted by molar-refractivity contribution is -0.301. The largest absolute Gasteiger partial charge is 0.543 e. The number of alkyl halides is 3. The van der Waals surface area contributed by atoms with Crippen LogP contribution in [-0.2, 0) is 15.8 Å². The van der Waals surface area contributed by atoms with Gasteiger partial charge in [-0.05, 0) is 25.1 Å². The van der Waals surface area contributed by atoms with Gasteiger partial charge in [-0.3, -0.25) is 4.79 Å². The third-order valence-corrected chi connectivity index (χ3v) is 7.58. The topological polar surface area (TPSA) is 93.6 Å². The summed E-state index contributed by atoms with van der Waals surface area (Å²) >= 11 is 2.14. The standard InChI is InChI=1S/C18H15F3N2O4S2/c1-6-12-11(7(2)24)15(25)23(12)13(16(26)27)14(6)29-17-22-9-5-8(18(19,20)21)3-4-10(9)28-17/h3-7,11-12,24H,1-2H3,(H,26,27)/p-1/t6-,7-,11-,12-/m1/s1. The molecule has 4 rings (SSSR count). The Morgan fingerprint density at radius 3 is 2.69 bits per heavy atom. The Kier molecular flexibility index (Phi) is 4.67. The first-order valence-corrected chi connectivity index (χ1v) is 10.3. The summed E-state index contributed by atoms with van der Waals surface area (Å²) in [7, 11) is 0. The number of fused-ring (bicyclic) bond motifs is 2. The van der Waals surface area contributed by atoms with E-state index in [9.17, 15) is 33.0 Å². The van der Waals surface area contributed by atoms with E-state index in [1.54, 1.807) is 6.92 Å². The molecule has 4 atom stereocenters. The van der Waals surface area contributed by atoms with Crippen LogP contribution in [-0.4, -0.2) is 39.0 Å². The maximum atomic E-state index is 12.9. The molecule has 1 amide bonds. The van der Waals surface area contributed by atoms with Crippen molar-refractivity contribution in [2.75, 3.05) is 0 Å². The van der Waals surface area contributed by atoms with Crippen LogP contribution >= 0.6 is 23.1 Å². The van der Waals surface area contributed by atoms with Gasteiger partial charge in [-0.1, -0.05) is 18.7 Å². The first-order chi connectivity index (χ1) is 13.5. The fourth-order valence-electron chi connectivity index (χ4n) is 3.87. The van der Waals surface area contributed by atoms with Gasteiger partial charge in [0.2, 0.25) is 5.91 Å². The van der Waals surface area contributed by atoms with Gasteiger partial charge in [0.25, 0.3) is 0 Å². The number of hydrogen-bond acceptors (Lipinski definition) is 7. The third kappa shape index (κ3) is 3.11. The number of thiazole rings is 1. The molecule has 3 heterocycles. The summed E-state index contributed by atoms with van der Waals surface area (Å²) in [6.45, 7) is 3.22. The summed E-state index contributed by atoms with van der Waals surface area (Å²) < 4.78 is 39.6. The Morgan fingerprint density at radius 1 is 1.41 bits per heavy atom. The number of carbonyl (C=O) groups is 2. The number of halogens is 3. The number of thioether (sulfide) groups is 1. The number of carboxylic acids is 1. The molecule has 0 spiro atoms. The van der Waals surface area contributed by atoms with Crippen LogP contribution < -0.4 is 5.11 Å². The number of aliphatic carboxylic acids is 1. The lowest BCUT2D eigenvalue weighted by atomic mass is 9.79. The second kappa shape index (κ2) is 6.71. The van der Waals surface area contributed by atoms with Gasteiger partial charge in [-0.15, -0.1) is 11.3 Å². The zero-order chi connectivity index (χ0) is 21.2. The molecule has 2 aromatic rings. The van der Waals surface area contributed by atoms with Crippen LogP contribution in [0.5, 0.6) is 0 Å². The van der Waals surface area contributed by atoms with Crippen molar-refractivity contribution in [2.24, 2.45) is 11.8 Å². The monoisotopic (exact) mass is 443 g/mol. The van der Waals surface area contributed by atoms with Crippen molar-refractivity contribution in [3.05, 3.63) is 34.4 Å². The first-order valence-electron chi connectivity index (χ1n) is 8.63. The van der Waals surface area contributed by atoms with Crippen LogP contribution in [0.2, 0.25) is 0 Å². The number of nitrogens with zero attached hydrogens (tertiary/aromatic N) is 2. The predicted molar refractivity (Wildman–Crippen MR) is 97.5 cm³/mol. The molecule has 2 aliphatic heterocycles. The lowest BCUT2D eigenvalue weighted by Gasteiger charge is -2.47. The molecule has 0 radical (unpaired) electrons. The van der Waals surface area contributed by atoms with Crippen molar-refractivity contribution in [2.45, 2.75) is 36.5 Å². The summed E-state index contributed by atoms with van der Waals surface area (Å²) in [5.41, 5.74) is -0.912. The Hall–Kier alpha value is -2.11. The SMILES string of the molecule is C[C@@H](O)[C@H]1C(=O)N2C(C(=O)[O-])=C(Sc3nc4cc(C(F)(F)F)ccc4s3)[C@H](C)[C@H]12. The van der Waals surface area contributed by atoms with Crippen molar-refractivity contribution in [3.63, 3.8) is 0 Å². The summed E-state index contributed by atoms with van der Waals surface area (Å²) in [6, 6.07) is 2.75. The molecule has 2 aliphatic rings. The number of rotatable bonds is 4. The number of β-lactam (4-membered cyclic amide) rings is 1. The Balaban J connectivity index is 1.70. The van der Waals surface area contributed by atoms with Crippen LogP contribution in [0, 0.1) is 11.8 Å². The normalized spacial score (nSPS) is 25.4. The van der Waals surface area contributed by atoms with E-state index in [-0.39, 0.29) is 17.1 Å². The Labute approximate surface area is 171 Å². The summed E-state index contributed by atoms with van der Waals surface area (Å²) in [5.74, 6) is -3.09. The van der Waals surface area contributed by atoms with E-state index < -0.39 is 41.7 Å². The zero-order valence-corrected chi connectivity index (χ0v) is 16.7. The fourth-order valence-corrected chi connectivity index (χ4v) is 6.19. The summed E-state index contributed by atoms with van der Waals surface area (Å²) in [5, 5.41) is 21.6. The molecule has 0 unspecified atom stereocenters. The number of aromatic nitrogens is 1. The van der Waals surface area contributed by atoms with E-state index in [0.717, 1.165) is 40.1 Å². The number of benzene rings is 1. The minimum atomic E-state index is -4.49. The van der Waals surface area contributed by atoms with Crippen molar-refractivity contribution < 1.29 is 33.0 Å². The van der Waals surface area contributed by atoms with Crippen LogP contribution in [0.3, 0.4) is 0 Å². The lowest BCUT2D eigenvalue weighted by Crippen LogP contribution is -2.64. The number of aliphatic hydroxyl groups is 1. The van der Waals surface area contributed by atoms with E-state index in [2.05, 4.69) is 4.98 Å². The van der Waals surface area contributed by atoms with Gasteiger partial charge in [-0.2, -0.15) is 13.2 Å². The van der Waals surface area contributed by atoms with Crippen molar-refractivity contribution in [1.29, 1.82) is 0 Å². The Morgan fingerprint density at radius 2 is 2.10 bits per heavy atom. The number of hydrogen-bond donors (Lipinski definition) is 1. The number of carboxylic acid groups (broad SMARTS) is 1. The fraction of sp³-hybridized carbons (Fsp3) is 0.389. The number of amides is 1. The van der Waals surface area contributed by atoms with E-state index in [0.29, 0.717) is 13.9 Å². The molecule has 6 nitrogen and oxygen atoms in total. The molecule has 0 aliphatic carbocycles. The van der Waals surface area contributed by atoms with Crippen molar-refractivity contribution in [1.82, 2.24) is 9.88 Å². The van der Waals surface area contributed by atoms with Crippen LogP contribution in [0.15, 0.2) is 33.1 Å². The van der Waals surface area contributed by atoms with Gasteiger partial charge in [0.15, 0.2) is 4.34 Å². The van der Waals surface area contributed by atoms with Crippen LogP contribution in [0.1, 0.15) is 19.4 Å². The predicted octanol–water partition coefficient (Wildman–Crippen LogP) is 2.23. The molecular weight excluding hydrogens is 429 g/mol. The molecule has 29 heavy (non-hydrogen) atoms. The third-order valence-electron chi connectivity index (χ3n) is 5.19. The van der Waals surface area contributed by atoms with Crippen molar-refractivity contribution >= 4 is 45.2 Å². The van der Waals surface area contributed by atoms with E-state index >= 15 is 0 Å². The number of carbonyl (C=O) groups excluding carboxylic acids is 2. The highest BCUT2D eigenvalue weighted by Gasteiger charge is 2.58. The molecule has 0 bridgehead atoms. The first kappa shape index (κ1) is 20.2. The van der Waals surface area contributed by atoms with E-state index in [4.69, 9.17) is 0 Å². The van der Waals surface area contributed by atoms with Gasteiger partial charge in [0.1, 0.15) is 0 Å². The van der Waals surface area contributed by atoms with Crippen LogP contribution in [0.25, 0.3) is 10.2 Å². The maximum absolute atomic E-state index is 12.9. The highest BCUT2D eigenvalue weighted by atomic mass is 32.2. The second-order valence-corrected chi connectivity index (χ2v) is 9.34. The molecule has 1 aromatic heterocycles. The highest BCUT2D eigenvalue weighted by molar-refractivity contribution is 8.04. The molecule has 11 heteroatoms. The molecule has 1 fully saturated rings.